The summed E-state index contributed by atoms with van der Waals surface area (Å²) < 4.78 is 1.88. The van der Waals surface area contributed by atoms with Gasteiger partial charge in [-0.05, 0) is 30.0 Å². The van der Waals surface area contributed by atoms with Crippen molar-refractivity contribution in [2.75, 3.05) is 13.6 Å². The predicted molar refractivity (Wildman–Crippen MR) is 87.4 cm³/mol. The summed E-state index contributed by atoms with van der Waals surface area (Å²) in [6, 6.07) is 9.99. The van der Waals surface area contributed by atoms with Crippen LogP contribution in [-0.2, 0) is 13.1 Å². The van der Waals surface area contributed by atoms with Crippen molar-refractivity contribution in [2.45, 2.75) is 26.9 Å². The van der Waals surface area contributed by atoms with Crippen molar-refractivity contribution in [3.63, 3.8) is 0 Å². The lowest BCUT2D eigenvalue weighted by Crippen LogP contribution is -2.39. The number of amides is 2. The summed E-state index contributed by atoms with van der Waals surface area (Å²) in [5.74, 6) is 0.329. The van der Waals surface area contributed by atoms with Gasteiger partial charge in [0.1, 0.15) is 0 Å². The van der Waals surface area contributed by atoms with E-state index in [4.69, 9.17) is 0 Å². The van der Waals surface area contributed by atoms with Gasteiger partial charge in [-0.3, -0.25) is 4.68 Å². The molecule has 0 fully saturated rings. The van der Waals surface area contributed by atoms with Crippen molar-refractivity contribution in [1.29, 1.82) is 0 Å². The number of benzene rings is 1. The quantitative estimate of drug-likeness (QED) is 0.891. The van der Waals surface area contributed by atoms with Crippen LogP contribution >= 0.6 is 0 Å². The first kappa shape index (κ1) is 16.1. The summed E-state index contributed by atoms with van der Waals surface area (Å²) in [7, 11) is 1.82. The summed E-state index contributed by atoms with van der Waals surface area (Å²) >= 11 is 0. The third kappa shape index (κ3) is 4.62. The molecule has 0 saturated carbocycles. The lowest BCUT2D eigenvalue weighted by Gasteiger charge is -2.20. The molecule has 1 N–H and O–H groups in total. The summed E-state index contributed by atoms with van der Waals surface area (Å²) in [5, 5.41) is 7.16. The van der Waals surface area contributed by atoms with Gasteiger partial charge in [-0.2, -0.15) is 5.10 Å². The molecule has 0 bridgehead atoms. The van der Waals surface area contributed by atoms with Crippen LogP contribution in [0.5, 0.6) is 0 Å². The van der Waals surface area contributed by atoms with E-state index in [0.717, 1.165) is 6.54 Å². The predicted octanol–water partition coefficient (Wildman–Crippen LogP) is 2.67. The first-order chi connectivity index (χ1) is 10.6. The molecule has 2 rings (SSSR count). The third-order valence-corrected chi connectivity index (χ3v) is 3.68. The number of nitrogens with zero attached hydrogens (tertiary/aromatic N) is 3. The number of hydrogen-bond acceptors (Lipinski definition) is 2. The van der Waals surface area contributed by atoms with Crippen molar-refractivity contribution in [3.8, 4) is 0 Å². The summed E-state index contributed by atoms with van der Waals surface area (Å²) in [6.45, 7) is 6.22. The monoisotopic (exact) mass is 300 g/mol. The van der Waals surface area contributed by atoms with E-state index in [1.54, 1.807) is 11.1 Å². The van der Waals surface area contributed by atoms with Gasteiger partial charge in [0.2, 0.25) is 0 Å². The van der Waals surface area contributed by atoms with E-state index in [1.807, 2.05) is 36.1 Å². The minimum atomic E-state index is -0.0458. The largest absolute Gasteiger partial charge is 0.338 e. The molecule has 1 aromatic carbocycles. The van der Waals surface area contributed by atoms with Gasteiger partial charge in [-0.15, -0.1) is 0 Å². The Morgan fingerprint density at radius 2 is 2.14 bits per heavy atom. The molecule has 22 heavy (non-hydrogen) atoms. The number of aryl methyl sites for hydroxylation is 1. The Balaban J connectivity index is 1.78. The number of urea groups is 1. The molecule has 0 aliphatic heterocycles. The maximum absolute atomic E-state index is 12.2. The molecule has 2 amide bonds. The molecule has 1 aromatic heterocycles. The van der Waals surface area contributed by atoms with Gasteiger partial charge in [-0.25, -0.2) is 4.79 Å². The highest BCUT2D eigenvalue weighted by Crippen LogP contribution is 2.09. The van der Waals surface area contributed by atoms with Crippen molar-refractivity contribution >= 4 is 6.03 Å². The van der Waals surface area contributed by atoms with Crippen molar-refractivity contribution < 1.29 is 4.79 Å². The molecule has 118 valence electrons. The van der Waals surface area contributed by atoms with Gasteiger partial charge >= 0.3 is 6.03 Å². The van der Waals surface area contributed by atoms with Crippen LogP contribution in [0.3, 0.4) is 0 Å². The van der Waals surface area contributed by atoms with Crippen LogP contribution in [0.25, 0.3) is 0 Å². The number of aromatic nitrogens is 2. The van der Waals surface area contributed by atoms with Crippen molar-refractivity contribution in [2.24, 2.45) is 5.92 Å². The molecule has 0 radical (unpaired) electrons. The Hall–Kier alpha value is -2.30. The zero-order valence-electron chi connectivity index (χ0n) is 13.5. The van der Waals surface area contributed by atoms with Crippen LogP contribution in [-0.4, -0.2) is 34.3 Å². The van der Waals surface area contributed by atoms with Gasteiger partial charge < -0.3 is 10.2 Å². The number of nitrogens with one attached hydrogen (secondary N) is 1. The fourth-order valence-corrected chi connectivity index (χ4v) is 2.30. The highest BCUT2D eigenvalue weighted by molar-refractivity contribution is 5.73. The topological polar surface area (TPSA) is 50.2 Å². The zero-order valence-corrected chi connectivity index (χ0v) is 13.5. The lowest BCUT2D eigenvalue weighted by atomic mass is 10.1. The van der Waals surface area contributed by atoms with Gasteiger partial charge in [0.15, 0.2) is 0 Å². The van der Waals surface area contributed by atoms with Crippen molar-refractivity contribution in [3.05, 3.63) is 53.9 Å². The smallest absolute Gasteiger partial charge is 0.317 e. The molecular weight excluding hydrogens is 276 g/mol. The van der Waals surface area contributed by atoms with E-state index in [0.29, 0.717) is 19.0 Å². The first-order valence-corrected chi connectivity index (χ1v) is 7.57. The summed E-state index contributed by atoms with van der Waals surface area (Å²) in [4.78, 5) is 13.9. The van der Waals surface area contributed by atoms with E-state index in [9.17, 15) is 4.79 Å². The Kier molecular flexibility index (Phi) is 5.58. The molecule has 1 unspecified atom stereocenters. The van der Waals surface area contributed by atoms with Gasteiger partial charge in [0.25, 0.3) is 0 Å². The van der Waals surface area contributed by atoms with E-state index in [-0.39, 0.29) is 6.03 Å². The standard InChI is InChI=1S/C17H24N4O/c1-14(12-21-10-6-9-19-21)11-18-17(22)20(3)13-16-8-5-4-7-15(16)2/h4-10,14H,11-13H2,1-3H3,(H,18,22). The van der Waals surface area contributed by atoms with Crippen LogP contribution in [0.4, 0.5) is 4.79 Å². The third-order valence-electron chi connectivity index (χ3n) is 3.68. The summed E-state index contributed by atoms with van der Waals surface area (Å²) in [5.41, 5.74) is 2.37. The van der Waals surface area contributed by atoms with Gasteiger partial charge in [-0.1, -0.05) is 31.2 Å². The van der Waals surface area contributed by atoms with E-state index in [1.165, 1.54) is 11.1 Å². The second-order valence-corrected chi connectivity index (χ2v) is 5.80. The Bertz CT molecular complexity index is 594. The normalized spacial score (nSPS) is 12.0. The SMILES string of the molecule is Cc1ccccc1CN(C)C(=O)NCC(C)Cn1cccn1. The molecule has 2 aromatic rings. The second-order valence-electron chi connectivity index (χ2n) is 5.80. The lowest BCUT2D eigenvalue weighted by molar-refractivity contribution is 0.204. The Morgan fingerprint density at radius 3 is 2.82 bits per heavy atom. The molecule has 0 spiro atoms. The van der Waals surface area contributed by atoms with Crippen LogP contribution in [0.1, 0.15) is 18.1 Å². The van der Waals surface area contributed by atoms with Crippen LogP contribution < -0.4 is 5.32 Å². The molecule has 5 nitrogen and oxygen atoms in total. The van der Waals surface area contributed by atoms with Crippen LogP contribution in [0.2, 0.25) is 0 Å². The molecule has 0 saturated heterocycles. The van der Waals surface area contributed by atoms with Gasteiger partial charge in [0.05, 0.1) is 0 Å². The fourth-order valence-electron chi connectivity index (χ4n) is 2.30. The maximum Gasteiger partial charge on any atom is 0.317 e. The second kappa shape index (κ2) is 7.64. The summed E-state index contributed by atoms with van der Waals surface area (Å²) in [6.07, 6.45) is 3.70. The van der Waals surface area contributed by atoms with Crippen LogP contribution in [0, 0.1) is 12.8 Å². The van der Waals surface area contributed by atoms with Crippen LogP contribution in [0.15, 0.2) is 42.7 Å². The first-order valence-electron chi connectivity index (χ1n) is 7.57. The Labute approximate surface area is 131 Å². The average molecular weight is 300 g/mol. The number of carbonyl (C=O) groups excluding carboxylic acids is 1. The molecular formula is C17H24N4O. The highest BCUT2D eigenvalue weighted by Gasteiger charge is 2.11. The van der Waals surface area contributed by atoms with Crippen molar-refractivity contribution in [1.82, 2.24) is 20.0 Å². The van der Waals surface area contributed by atoms with E-state index in [2.05, 4.69) is 36.4 Å². The number of carbonyl (C=O) groups is 1. The highest BCUT2D eigenvalue weighted by atomic mass is 16.2. The van der Waals surface area contributed by atoms with Gasteiger partial charge in [0, 0.05) is 39.1 Å². The van der Waals surface area contributed by atoms with E-state index < -0.39 is 0 Å². The average Bonchev–Trinajstić information content (AvgIpc) is 3.00. The fraction of sp³-hybridized carbons (Fsp3) is 0.412. The minimum Gasteiger partial charge on any atom is -0.338 e. The minimum absolute atomic E-state index is 0.0458. The molecule has 1 atom stereocenters. The number of hydrogen-bond donors (Lipinski definition) is 1. The molecule has 0 aliphatic carbocycles. The Morgan fingerprint density at radius 1 is 1.36 bits per heavy atom. The molecule has 0 aliphatic rings. The number of rotatable bonds is 6. The molecule has 1 heterocycles. The maximum atomic E-state index is 12.2. The molecule has 5 heteroatoms. The van der Waals surface area contributed by atoms with E-state index >= 15 is 0 Å². The zero-order chi connectivity index (χ0) is 15.9.